The van der Waals surface area contributed by atoms with Crippen molar-refractivity contribution in [2.75, 3.05) is 25.5 Å². The van der Waals surface area contributed by atoms with Crippen molar-refractivity contribution in [3.8, 4) is 5.75 Å². The van der Waals surface area contributed by atoms with Gasteiger partial charge in [0.05, 0.1) is 19.3 Å². The maximum absolute atomic E-state index is 13.0. The summed E-state index contributed by atoms with van der Waals surface area (Å²) >= 11 is 6.07. The molecule has 27 heavy (non-hydrogen) atoms. The van der Waals surface area contributed by atoms with Crippen LogP contribution in [0.4, 0.5) is 10.1 Å². The van der Waals surface area contributed by atoms with Gasteiger partial charge >= 0.3 is 0 Å². The number of nitrogens with zero attached hydrogens (tertiary/aromatic N) is 1. The number of nitrogens with one attached hydrogen (secondary N) is 1. The van der Waals surface area contributed by atoms with Gasteiger partial charge in [0.25, 0.3) is 0 Å². The SMILES string of the molecule is COc1cc(Cl)c(C)cc1NC(=O)CN(CCc1ccc(F)cc1)C(C)=O. The number of amides is 2. The molecule has 0 spiro atoms. The van der Waals surface area contributed by atoms with Crippen LogP contribution in [0.15, 0.2) is 36.4 Å². The minimum Gasteiger partial charge on any atom is -0.495 e. The van der Waals surface area contributed by atoms with E-state index in [0.717, 1.165) is 11.1 Å². The molecule has 0 aliphatic carbocycles. The summed E-state index contributed by atoms with van der Waals surface area (Å²) in [5.74, 6) is -0.427. The molecule has 1 N–H and O–H groups in total. The van der Waals surface area contributed by atoms with Crippen molar-refractivity contribution in [3.05, 3.63) is 58.4 Å². The molecule has 2 aromatic carbocycles. The molecule has 2 amide bonds. The number of carbonyl (C=O) groups excluding carboxylic acids is 2. The second-order valence-corrected chi connectivity index (χ2v) is 6.57. The highest BCUT2D eigenvalue weighted by Gasteiger charge is 2.16. The number of methoxy groups -OCH3 is 1. The number of benzene rings is 2. The molecule has 0 unspecified atom stereocenters. The highest BCUT2D eigenvalue weighted by molar-refractivity contribution is 6.31. The fourth-order valence-corrected chi connectivity index (χ4v) is 2.71. The molecule has 0 aromatic heterocycles. The maximum atomic E-state index is 13.0. The summed E-state index contributed by atoms with van der Waals surface area (Å²) in [4.78, 5) is 25.7. The average molecular weight is 393 g/mol. The highest BCUT2D eigenvalue weighted by Crippen LogP contribution is 2.30. The zero-order valence-electron chi connectivity index (χ0n) is 15.5. The van der Waals surface area contributed by atoms with Crippen LogP contribution in [0.2, 0.25) is 5.02 Å². The van der Waals surface area contributed by atoms with Crippen LogP contribution in [-0.4, -0.2) is 36.9 Å². The Kier molecular flexibility index (Phi) is 7.19. The zero-order chi connectivity index (χ0) is 20.0. The van der Waals surface area contributed by atoms with Crippen LogP contribution in [0.25, 0.3) is 0 Å². The van der Waals surface area contributed by atoms with E-state index in [1.807, 2.05) is 6.92 Å². The van der Waals surface area contributed by atoms with Gasteiger partial charge in [-0.25, -0.2) is 4.39 Å². The van der Waals surface area contributed by atoms with Crippen LogP contribution in [0.1, 0.15) is 18.1 Å². The van der Waals surface area contributed by atoms with Gasteiger partial charge in [0.1, 0.15) is 11.6 Å². The predicted molar refractivity (Wildman–Crippen MR) is 104 cm³/mol. The van der Waals surface area contributed by atoms with Crippen molar-refractivity contribution in [1.29, 1.82) is 0 Å². The Bertz CT molecular complexity index is 825. The summed E-state index contributed by atoms with van der Waals surface area (Å²) in [6.45, 7) is 3.49. The molecule has 144 valence electrons. The molecule has 2 aromatic rings. The van der Waals surface area contributed by atoms with E-state index in [-0.39, 0.29) is 24.2 Å². The Morgan fingerprint density at radius 1 is 1.22 bits per heavy atom. The molecule has 2 rings (SSSR count). The normalized spacial score (nSPS) is 10.4. The minimum absolute atomic E-state index is 0.0959. The van der Waals surface area contributed by atoms with E-state index in [0.29, 0.717) is 29.4 Å². The van der Waals surface area contributed by atoms with Crippen molar-refractivity contribution in [3.63, 3.8) is 0 Å². The van der Waals surface area contributed by atoms with Crippen molar-refractivity contribution < 1.29 is 18.7 Å². The van der Waals surface area contributed by atoms with E-state index in [1.54, 1.807) is 24.3 Å². The molecular formula is C20H22ClFN2O3. The van der Waals surface area contributed by atoms with Gasteiger partial charge in [0.2, 0.25) is 11.8 Å². The Labute approximate surface area is 163 Å². The summed E-state index contributed by atoms with van der Waals surface area (Å²) in [5.41, 5.74) is 2.18. The number of rotatable bonds is 7. The molecule has 0 radical (unpaired) electrons. The number of hydrogen-bond donors (Lipinski definition) is 1. The topological polar surface area (TPSA) is 58.6 Å². The van der Waals surface area contributed by atoms with E-state index in [1.165, 1.54) is 31.1 Å². The van der Waals surface area contributed by atoms with E-state index in [4.69, 9.17) is 16.3 Å². The lowest BCUT2D eigenvalue weighted by molar-refractivity contribution is -0.132. The van der Waals surface area contributed by atoms with Gasteiger partial charge in [-0.1, -0.05) is 23.7 Å². The summed E-state index contributed by atoms with van der Waals surface area (Å²) in [6.07, 6.45) is 0.524. The average Bonchev–Trinajstić information content (AvgIpc) is 2.62. The van der Waals surface area contributed by atoms with Crippen LogP contribution in [0.5, 0.6) is 5.75 Å². The number of anilines is 1. The largest absolute Gasteiger partial charge is 0.495 e. The molecule has 5 nitrogen and oxygen atoms in total. The Hall–Kier alpha value is -2.60. The third kappa shape index (κ3) is 5.96. The molecule has 0 bridgehead atoms. The molecule has 0 saturated carbocycles. The summed E-state index contributed by atoms with van der Waals surface area (Å²) in [7, 11) is 1.49. The first-order valence-corrected chi connectivity index (χ1v) is 8.82. The van der Waals surface area contributed by atoms with Gasteiger partial charge in [-0.05, 0) is 42.7 Å². The number of hydrogen-bond acceptors (Lipinski definition) is 3. The van der Waals surface area contributed by atoms with Crippen LogP contribution in [0, 0.1) is 12.7 Å². The first kappa shape index (κ1) is 20.7. The summed E-state index contributed by atoms with van der Waals surface area (Å²) in [5, 5.41) is 3.29. The maximum Gasteiger partial charge on any atom is 0.244 e. The second kappa shape index (κ2) is 9.37. The van der Waals surface area contributed by atoms with Crippen molar-refractivity contribution in [2.24, 2.45) is 0 Å². The van der Waals surface area contributed by atoms with E-state index in [9.17, 15) is 14.0 Å². The minimum atomic E-state index is -0.343. The van der Waals surface area contributed by atoms with Crippen LogP contribution in [0.3, 0.4) is 0 Å². The number of aryl methyl sites for hydroxylation is 1. The quantitative estimate of drug-likeness (QED) is 0.779. The first-order valence-electron chi connectivity index (χ1n) is 8.44. The van der Waals surface area contributed by atoms with Crippen LogP contribution in [-0.2, 0) is 16.0 Å². The smallest absolute Gasteiger partial charge is 0.244 e. The Morgan fingerprint density at radius 3 is 2.48 bits per heavy atom. The lowest BCUT2D eigenvalue weighted by atomic mass is 10.1. The first-order chi connectivity index (χ1) is 12.8. The highest BCUT2D eigenvalue weighted by atomic mass is 35.5. The van der Waals surface area contributed by atoms with E-state index < -0.39 is 0 Å². The van der Waals surface area contributed by atoms with Gasteiger partial charge in [-0.3, -0.25) is 9.59 Å². The molecule has 0 atom stereocenters. The molecule has 0 heterocycles. The third-order valence-corrected chi connectivity index (χ3v) is 4.53. The van der Waals surface area contributed by atoms with E-state index in [2.05, 4.69) is 5.32 Å². The molecular weight excluding hydrogens is 371 g/mol. The van der Waals surface area contributed by atoms with Gasteiger partial charge in [-0.15, -0.1) is 0 Å². The number of carbonyl (C=O) groups is 2. The Balaban J connectivity index is 2.01. The molecule has 0 fully saturated rings. The fourth-order valence-electron chi connectivity index (χ4n) is 2.56. The van der Waals surface area contributed by atoms with Gasteiger partial charge in [0, 0.05) is 24.6 Å². The molecule has 0 aliphatic heterocycles. The third-order valence-electron chi connectivity index (χ3n) is 4.12. The van der Waals surface area contributed by atoms with E-state index >= 15 is 0 Å². The van der Waals surface area contributed by atoms with Gasteiger partial charge < -0.3 is 15.0 Å². The number of ether oxygens (including phenoxy) is 1. The molecule has 0 aliphatic rings. The lowest BCUT2D eigenvalue weighted by Crippen LogP contribution is -2.38. The predicted octanol–water partition coefficient (Wildman–Crippen LogP) is 3.83. The summed E-state index contributed by atoms with van der Waals surface area (Å²) in [6, 6.07) is 9.41. The summed E-state index contributed by atoms with van der Waals surface area (Å²) < 4.78 is 18.2. The van der Waals surface area contributed by atoms with Crippen LogP contribution < -0.4 is 10.1 Å². The fraction of sp³-hybridized carbons (Fsp3) is 0.300. The molecule has 7 heteroatoms. The van der Waals surface area contributed by atoms with Crippen molar-refractivity contribution in [2.45, 2.75) is 20.3 Å². The zero-order valence-corrected chi connectivity index (χ0v) is 16.3. The second-order valence-electron chi connectivity index (χ2n) is 6.17. The van der Waals surface area contributed by atoms with Gasteiger partial charge in [-0.2, -0.15) is 0 Å². The van der Waals surface area contributed by atoms with Gasteiger partial charge in [0.15, 0.2) is 0 Å². The number of halogens is 2. The molecule has 0 saturated heterocycles. The Morgan fingerprint density at radius 2 is 1.89 bits per heavy atom. The monoisotopic (exact) mass is 392 g/mol. The van der Waals surface area contributed by atoms with Crippen molar-refractivity contribution >= 4 is 29.1 Å². The lowest BCUT2D eigenvalue weighted by Gasteiger charge is -2.21. The standard InChI is InChI=1S/C20H22ClFN2O3/c1-13-10-18(19(27-3)11-17(13)21)23-20(26)12-24(14(2)25)9-8-15-4-6-16(22)7-5-15/h4-7,10-11H,8-9,12H2,1-3H3,(H,23,26). The van der Waals surface area contributed by atoms with Crippen LogP contribution >= 0.6 is 11.6 Å². The van der Waals surface area contributed by atoms with Crippen molar-refractivity contribution in [1.82, 2.24) is 4.90 Å².